The number of methoxy groups -OCH3 is 1. The first kappa shape index (κ1) is 12.1. The first-order valence-electron chi connectivity index (χ1n) is 6.46. The Morgan fingerprint density at radius 3 is 2.37 bits per heavy atom. The van der Waals surface area contributed by atoms with Crippen LogP contribution in [0.4, 0.5) is 11.4 Å². The summed E-state index contributed by atoms with van der Waals surface area (Å²) >= 11 is 0. The number of rotatable bonds is 3. The van der Waals surface area contributed by atoms with Gasteiger partial charge in [-0.05, 0) is 54.6 Å². The lowest BCUT2D eigenvalue weighted by Gasteiger charge is -2.09. The number of hydrogen-bond donors (Lipinski definition) is 1. The van der Waals surface area contributed by atoms with E-state index < -0.39 is 0 Å². The molecule has 0 fully saturated rings. The second kappa shape index (κ2) is 4.94. The van der Waals surface area contributed by atoms with Gasteiger partial charge in [-0.3, -0.25) is 4.90 Å². The van der Waals surface area contributed by atoms with Crippen LogP contribution in [0.15, 0.2) is 42.5 Å². The van der Waals surface area contributed by atoms with Crippen LogP contribution in [0, 0.1) is 0 Å². The Morgan fingerprint density at radius 1 is 0.947 bits per heavy atom. The zero-order valence-electron chi connectivity index (χ0n) is 11.3. The molecule has 98 valence electrons. The highest BCUT2D eigenvalue weighted by atomic mass is 16.5. The third kappa shape index (κ3) is 2.56. The topological polar surface area (TPSA) is 24.5 Å². The Hall–Kier alpha value is -2.00. The largest absolute Gasteiger partial charge is 0.497 e. The van der Waals surface area contributed by atoms with Crippen LogP contribution in [0.2, 0.25) is 0 Å². The van der Waals surface area contributed by atoms with Crippen molar-refractivity contribution in [2.24, 2.45) is 0 Å². The molecule has 0 atom stereocenters. The van der Waals surface area contributed by atoms with Crippen LogP contribution in [0.3, 0.4) is 0 Å². The van der Waals surface area contributed by atoms with Crippen molar-refractivity contribution in [3.63, 3.8) is 0 Å². The van der Waals surface area contributed by atoms with Gasteiger partial charge in [-0.2, -0.15) is 0 Å². The fourth-order valence-corrected chi connectivity index (χ4v) is 2.48. The fraction of sp³-hybridized carbons (Fsp3) is 0.250. The highest BCUT2D eigenvalue weighted by Crippen LogP contribution is 2.26. The average Bonchev–Trinajstić information content (AvgIpc) is 2.79. The molecule has 1 aliphatic heterocycles. The van der Waals surface area contributed by atoms with Crippen molar-refractivity contribution in [1.29, 1.82) is 0 Å². The lowest BCUT2D eigenvalue weighted by Crippen LogP contribution is -2.07. The number of benzene rings is 2. The molecule has 3 heteroatoms. The van der Waals surface area contributed by atoms with E-state index in [4.69, 9.17) is 4.74 Å². The van der Waals surface area contributed by atoms with Crippen LogP contribution < -0.4 is 10.1 Å². The summed E-state index contributed by atoms with van der Waals surface area (Å²) in [6.45, 7) is 2.09. The van der Waals surface area contributed by atoms with Crippen LogP contribution in [0.1, 0.15) is 11.1 Å². The Labute approximate surface area is 113 Å². The Balaban J connectivity index is 1.78. The third-order valence-corrected chi connectivity index (χ3v) is 3.47. The molecule has 0 spiro atoms. The van der Waals surface area contributed by atoms with Gasteiger partial charge < -0.3 is 10.1 Å². The molecule has 0 aromatic heterocycles. The average molecular weight is 254 g/mol. The summed E-state index contributed by atoms with van der Waals surface area (Å²) in [6, 6.07) is 14.6. The van der Waals surface area contributed by atoms with E-state index in [0.29, 0.717) is 0 Å². The Kier molecular flexibility index (Phi) is 3.13. The maximum Gasteiger partial charge on any atom is 0.119 e. The van der Waals surface area contributed by atoms with Crippen molar-refractivity contribution in [2.75, 3.05) is 19.5 Å². The first-order valence-corrected chi connectivity index (χ1v) is 6.46. The highest BCUT2D eigenvalue weighted by molar-refractivity contribution is 5.62. The van der Waals surface area contributed by atoms with E-state index in [-0.39, 0.29) is 0 Å². The molecule has 0 saturated carbocycles. The van der Waals surface area contributed by atoms with E-state index in [1.165, 1.54) is 11.1 Å². The lowest BCUT2D eigenvalue weighted by atomic mass is 10.1. The smallest absolute Gasteiger partial charge is 0.119 e. The number of hydrogen-bond acceptors (Lipinski definition) is 3. The molecule has 1 aliphatic rings. The van der Waals surface area contributed by atoms with E-state index in [9.17, 15) is 0 Å². The van der Waals surface area contributed by atoms with Crippen molar-refractivity contribution in [3.8, 4) is 5.75 Å². The van der Waals surface area contributed by atoms with E-state index in [2.05, 4.69) is 35.5 Å². The van der Waals surface area contributed by atoms with Gasteiger partial charge in [0.1, 0.15) is 5.75 Å². The fourth-order valence-electron chi connectivity index (χ4n) is 2.48. The quantitative estimate of drug-likeness (QED) is 0.908. The van der Waals surface area contributed by atoms with Gasteiger partial charge in [0.25, 0.3) is 0 Å². The molecule has 0 bridgehead atoms. The summed E-state index contributed by atoms with van der Waals surface area (Å²) in [5, 5.41) is 3.43. The van der Waals surface area contributed by atoms with Crippen molar-refractivity contribution in [1.82, 2.24) is 4.90 Å². The molecule has 3 nitrogen and oxygen atoms in total. The van der Waals surface area contributed by atoms with Gasteiger partial charge in [-0.15, -0.1) is 0 Å². The second-order valence-electron chi connectivity index (χ2n) is 5.01. The summed E-state index contributed by atoms with van der Waals surface area (Å²) in [4.78, 5) is 2.32. The molecule has 0 aliphatic carbocycles. The molecule has 0 radical (unpaired) electrons. The van der Waals surface area contributed by atoms with Gasteiger partial charge in [0.15, 0.2) is 0 Å². The molecule has 1 heterocycles. The van der Waals surface area contributed by atoms with E-state index in [0.717, 1.165) is 30.2 Å². The van der Waals surface area contributed by atoms with Crippen molar-refractivity contribution in [3.05, 3.63) is 53.6 Å². The SMILES string of the molecule is COc1ccc(Nc2ccc3c(c2)CN(C)C3)cc1. The molecular weight excluding hydrogens is 236 g/mol. The monoisotopic (exact) mass is 254 g/mol. The minimum absolute atomic E-state index is 0.876. The number of ether oxygens (including phenoxy) is 1. The minimum Gasteiger partial charge on any atom is -0.497 e. The van der Waals surface area contributed by atoms with Gasteiger partial charge in [-0.25, -0.2) is 0 Å². The number of fused-ring (bicyclic) bond motifs is 1. The molecule has 1 N–H and O–H groups in total. The lowest BCUT2D eigenvalue weighted by molar-refractivity contribution is 0.353. The van der Waals surface area contributed by atoms with Crippen LogP contribution >= 0.6 is 0 Å². The predicted octanol–water partition coefficient (Wildman–Crippen LogP) is 3.38. The summed E-state index contributed by atoms with van der Waals surface area (Å²) in [6.07, 6.45) is 0. The Bertz CT molecular complexity index is 578. The van der Waals surface area contributed by atoms with E-state index in [1.807, 2.05) is 24.3 Å². The summed E-state index contributed by atoms with van der Waals surface area (Å²) in [5.41, 5.74) is 5.06. The van der Waals surface area contributed by atoms with Crippen LogP contribution in [-0.4, -0.2) is 19.1 Å². The second-order valence-corrected chi connectivity index (χ2v) is 5.01. The number of nitrogens with zero attached hydrogens (tertiary/aromatic N) is 1. The van der Waals surface area contributed by atoms with E-state index in [1.54, 1.807) is 7.11 Å². The number of nitrogens with one attached hydrogen (secondary N) is 1. The maximum atomic E-state index is 5.16. The summed E-state index contributed by atoms with van der Waals surface area (Å²) in [5.74, 6) is 0.876. The standard InChI is InChI=1S/C16H18N2O/c1-18-10-12-3-4-15(9-13(12)11-18)17-14-5-7-16(19-2)8-6-14/h3-9,17H,10-11H2,1-2H3. The van der Waals surface area contributed by atoms with Gasteiger partial charge in [0, 0.05) is 24.5 Å². The van der Waals surface area contributed by atoms with Crippen LogP contribution in [0.5, 0.6) is 5.75 Å². The maximum absolute atomic E-state index is 5.16. The van der Waals surface area contributed by atoms with E-state index >= 15 is 0 Å². The van der Waals surface area contributed by atoms with Crippen molar-refractivity contribution < 1.29 is 4.74 Å². The molecule has 2 aromatic carbocycles. The molecular formula is C16H18N2O. The molecule has 0 unspecified atom stereocenters. The first-order chi connectivity index (χ1) is 9.24. The van der Waals surface area contributed by atoms with Crippen molar-refractivity contribution in [2.45, 2.75) is 13.1 Å². The third-order valence-electron chi connectivity index (χ3n) is 3.47. The molecule has 19 heavy (non-hydrogen) atoms. The molecule has 2 aromatic rings. The summed E-state index contributed by atoms with van der Waals surface area (Å²) < 4.78 is 5.16. The molecule has 0 saturated heterocycles. The van der Waals surface area contributed by atoms with Gasteiger partial charge in [-0.1, -0.05) is 6.07 Å². The predicted molar refractivity (Wildman–Crippen MR) is 77.9 cm³/mol. The van der Waals surface area contributed by atoms with Crippen molar-refractivity contribution >= 4 is 11.4 Å². The zero-order valence-corrected chi connectivity index (χ0v) is 11.3. The zero-order chi connectivity index (χ0) is 13.2. The normalized spacial score (nSPS) is 14.2. The molecule has 0 amide bonds. The number of anilines is 2. The Morgan fingerprint density at radius 2 is 1.63 bits per heavy atom. The van der Waals surface area contributed by atoms with Gasteiger partial charge in [0.2, 0.25) is 0 Å². The summed E-state index contributed by atoms with van der Waals surface area (Å²) in [7, 11) is 3.83. The van der Waals surface area contributed by atoms with Gasteiger partial charge >= 0.3 is 0 Å². The highest BCUT2D eigenvalue weighted by Gasteiger charge is 2.15. The van der Waals surface area contributed by atoms with Crippen LogP contribution in [0.25, 0.3) is 0 Å². The van der Waals surface area contributed by atoms with Gasteiger partial charge in [0.05, 0.1) is 7.11 Å². The minimum atomic E-state index is 0.876. The van der Waals surface area contributed by atoms with Crippen LogP contribution in [-0.2, 0) is 13.1 Å². The molecule has 3 rings (SSSR count).